The third kappa shape index (κ3) is 1.44. The molecule has 47 valence electrons. The van der Waals surface area contributed by atoms with E-state index in [2.05, 4.69) is 6.07 Å². The second-order valence-electron chi connectivity index (χ2n) is 1.86. The Hall–Kier alpha value is -1.02. The van der Waals surface area contributed by atoms with E-state index in [0.29, 0.717) is 12.2 Å². The van der Waals surface area contributed by atoms with E-state index in [9.17, 15) is 0 Å². The molecule has 0 amide bonds. The highest BCUT2D eigenvalue weighted by molar-refractivity contribution is 5.39. The van der Waals surface area contributed by atoms with Crippen LogP contribution in [0.3, 0.4) is 0 Å². The summed E-state index contributed by atoms with van der Waals surface area (Å²) in [6, 6.07) is 8.32. The molecule has 9 heavy (non-hydrogen) atoms. The Bertz CT molecular complexity index is 196. The second kappa shape index (κ2) is 2.51. The molecule has 0 saturated carbocycles. The van der Waals surface area contributed by atoms with E-state index in [-0.39, 0.29) is 0 Å². The van der Waals surface area contributed by atoms with Gasteiger partial charge in [0.2, 0.25) is 0 Å². The van der Waals surface area contributed by atoms with Crippen molar-refractivity contribution in [2.75, 3.05) is 5.73 Å². The molecule has 0 saturated heterocycles. The first kappa shape index (κ1) is 6.11. The summed E-state index contributed by atoms with van der Waals surface area (Å²) in [6.45, 7) is 0.541. The molecule has 0 aliphatic carbocycles. The lowest BCUT2D eigenvalue weighted by Gasteiger charge is -1.94. The van der Waals surface area contributed by atoms with Crippen LogP contribution in [0.15, 0.2) is 18.2 Å². The molecule has 0 unspecified atom stereocenters. The molecule has 4 N–H and O–H groups in total. The molecule has 1 rings (SSSR count). The summed E-state index contributed by atoms with van der Waals surface area (Å²) in [7, 11) is 0. The molecule has 0 aliphatic rings. The molecular formula is C7H9N2. The third-order valence-corrected chi connectivity index (χ3v) is 1.12. The quantitative estimate of drug-likeness (QED) is 0.532. The molecule has 0 bridgehead atoms. The van der Waals surface area contributed by atoms with Crippen LogP contribution in [0.2, 0.25) is 0 Å². The maximum absolute atomic E-state index is 5.42. The van der Waals surface area contributed by atoms with Crippen LogP contribution in [0, 0.1) is 6.07 Å². The minimum atomic E-state index is 0.541. The summed E-state index contributed by atoms with van der Waals surface area (Å²) in [5.74, 6) is 0. The number of nitrogen functional groups attached to an aromatic ring is 1. The van der Waals surface area contributed by atoms with Gasteiger partial charge in [0.25, 0.3) is 0 Å². The van der Waals surface area contributed by atoms with Crippen LogP contribution in [-0.2, 0) is 6.54 Å². The fraction of sp³-hybridized carbons (Fsp3) is 0.143. The number of benzene rings is 1. The van der Waals surface area contributed by atoms with Gasteiger partial charge in [-0.05, 0) is 11.6 Å². The van der Waals surface area contributed by atoms with Gasteiger partial charge in [0, 0.05) is 18.3 Å². The van der Waals surface area contributed by atoms with Crippen LogP contribution >= 0.6 is 0 Å². The second-order valence-corrected chi connectivity index (χ2v) is 1.86. The fourth-order valence-electron chi connectivity index (χ4n) is 0.661. The zero-order chi connectivity index (χ0) is 6.69. The van der Waals surface area contributed by atoms with E-state index < -0.39 is 0 Å². The highest BCUT2D eigenvalue weighted by atomic mass is 14.6. The average Bonchev–Trinajstić information content (AvgIpc) is 1.88. The Kier molecular flexibility index (Phi) is 1.70. The molecule has 1 radical (unpaired) electrons. The number of hydrogen-bond donors (Lipinski definition) is 2. The summed E-state index contributed by atoms with van der Waals surface area (Å²) in [6.07, 6.45) is 0. The van der Waals surface area contributed by atoms with Gasteiger partial charge in [-0.1, -0.05) is 12.1 Å². The van der Waals surface area contributed by atoms with Crippen molar-refractivity contribution in [3.63, 3.8) is 0 Å². The van der Waals surface area contributed by atoms with Gasteiger partial charge in [-0.15, -0.1) is 0 Å². The topological polar surface area (TPSA) is 52.0 Å². The molecule has 1 aromatic carbocycles. The number of nitrogens with two attached hydrogens (primary N) is 2. The van der Waals surface area contributed by atoms with Crippen molar-refractivity contribution in [1.29, 1.82) is 0 Å². The minimum Gasteiger partial charge on any atom is -0.398 e. The highest BCUT2D eigenvalue weighted by Crippen LogP contribution is 2.03. The van der Waals surface area contributed by atoms with Gasteiger partial charge in [-0.2, -0.15) is 0 Å². The van der Waals surface area contributed by atoms with Gasteiger partial charge in [0.1, 0.15) is 0 Å². The van der Waals surface area contributed by atoms with Crippen molar-refractivity contribution in [2.24, 2.45) is 5.73 Å². The van der Waals surface area contributed by atoms with Crippen molar-refractivity contribution in [1.82, 2.24) is 0 Å². The third-order valence-electron chi connectivity index (χ3n) is 1.12. The Labute approximate surface area is 54.5 Å². The Morgan fingerprint density at radius 2 is 2.33 bits per heavy atom. The van der Waals surface area contributed by atoms with E-state index in [1.54, 1.807) is 6.07 Å². The lowest BCUT2D eigenvalue weighted by molar-refractivity contribution is 1.07. The van der Waals surface area contributed by atoms with E-state index in [1.165, 1.54) is 0 Å². The summed E-state index contributed by atoms with van der Waals surface area (Å²) in [4.78, 5) is 0. The molecule has 2 nitrogen and oxygen atoms in total. The largest absolute Gasteiger partial charge is 0.398 e. The molecule has 0 spiro atoms. The zero-order valence-corrected chi connectivity index (χ0v) is 5.09. The number of rotatable bonds is 1. The molecule has 0 aromatic heterocycles. The first-order chi connectivity index (χ1) is 4.33. The first-order valence-electron chi connectivity index (χ1n) is 2.79. The predicted molar refractivity (Wildman–Crippen MR) is 37.6 cm³/mol. The van der Waals surface area contributed by atoms with Crippen LogP contribution in [-0.4, -0.2) is 0 Å². The van der Waals surface area contributed by atoms with Crippen molar-refractivity contribution in [3.05, 3.63) is 29.8 Å². The van der Waals surface area contributed by atoms with Crippen LogP contribution in [0.1, 0.15) is 5.56 Å². The SMILES string of the molecule is NCc1cc[c]c(N)c1. The van der Waals surface area contributed by atoms with Crippen molar-refractivity contribution >= 4 is 5.69 Å². The van der Waals surface area contributed by atoms with Crippen molar-refractivity contribution in [2.45, 2.75) is 6.54 Å². The van der Waals surface area contributed by atoms with Gasteiger partial charge in [-0.25, -0.2) is 0 Å². The maximum Gasteiger partial charge on any atom is 0.0397 e. The van der Waals surface area contributed by atoms with Gasteiger partial charge in [-0.3, -0.25) is 0 Å². The van der Waals surface area contributed by atoms with E-state index >= 15 is 0 Å². The van der Waals surface area contributed by atoms with E-state index in [0.717, 1.165) is 5.56 Å². The van der Waals surface area contributed by atoms with Crippen LogP contribution in [0.4, 0.5) is 5.69 Å². The predicted octanol–water partition coefficient (Wildman–Crippen LogP) is 0.528. The van der Waals surface area contributed by atoms with E-state index in [4.69, 9.17) is 11.5 Å². The summed E-state index contributed by atoms with van der Waals surface area (Å²) in [5.41, 5.74) is 12.5. The average molecular weight is 121 g/mol. The molecule has 1 aromatic rings. The van der Waals surface area contributed by atoms with Crippen molar-refractivity contribution < 1.29 is 0 Å². The lowest BCUT2D eigenvalue weighted by atomic mass is 10.2. The smallest absolute Gasteiger partial charge is 0.0397 e. The first-order valence-corrected chi connectivity index (χ1v) is 2.79. The van der Waals surface area contributed by atoms with Gasteiger partial charge in [0.05, 0.1) is 0 Å². The molecule has 0 fully saturated rings. The highest BCUT2D eigenvalue weighted by Gasteiger charge is 1.87. The van der Waals surface area contributed by atoms with Crippen LogP contribution in [0.25, 0.3) is 0 Å². The molecule has 2 heteroatoms. The van der Waals surface area contributed by atoms with Crippen LogP contribution in [0.5, 0.6) is 0 Å². The molecular weight excluding hydrogens is 112 g/mol. The number of anilines is 1. The zero-order valence-electron chi connectivity index (χ0n) is 5.09. The summed E-state index contributed by atoms with van der Waals surface area (Å²) < 4.78 is 0. The maximum atomic E-state index is 5.42. The Morgan fingerprint density at radius 3 is 2.78 bits per heavy atom. The summed E-state index contributed by atoms with van der Waals surface area (Å²) >= 11 is 0. The molecule has 0 atom stereocenters. The minimum absolute atomic E-state index is 0.541. The van der Waals surface area contributed by atoms with Gasteiger partial charge < -0.3 is 11.5 Å². The van der Waals surface area contributed by atoms with Crippen molar-refractivity contribution in [3.8, 4) is 0 Å². The number of hydrogen-bond acceptors (Lipinski definition) is 2. The monoisotopic (exact) mass is 121 g/mol. The van der Waals surface area contributed by atoms with E-state index in [1.807, 2.05) is 12.1 Å². The molecule has 0 heterocycles. The normalized spacial score (nSPS) is 9.44. The van der Waals surface area contributed by atoms with Gasteiger partial charge >= 0.3 is 0 Å². The lowest BCUT2D eigenvalue weighted by Crippen LogP contribution is -1.96. The Morgan fingerprint density at radius 1 is 1.56 bits per heavy atom. The van der Waals surface area contributed by atoms with Gasteiger partial charge in [0.15, 0.2) is 0 Å². The summed E-state index contributed by atoms with van der Waals surface area (Å²) in [5, 5.41) is 0. The molecule has 0 aliphatic heterocycles. The standard InChI is InChI=1S/C7H9N2/c8-5-6-2-1-3-7(9)4-6/h1-2,4H,5,8-9H2. The van der Waals surface area contributed by atoms with Crippen LogP contribution < -0.4 is 11.5 Å². The Balaban J connectivity index is 2.94. The fourth-order valence-corrected chi connectivity index (χ4v) is 0.661.